The number of benzene rings is 5. The van der Waals surface area contributed by atoms with Gasteiger partial charge in [0.25, 0.3) is 0 Å². The average Bonchev–Trinajstić information content (AvgIpc) is 3.66. The molecule has 0 N–H and O–H groups in total. The smallest absolute Gasteiger partial charge is 0.120 e. The predicted molar refractivity (Wildman–Crippen MR) is 203 cm³/mol. The Kier molecular flexibility index (Phi) is 8.52. The van der Waals surface area contributed by atoms with E-state index in [1.165, 1.54) is 27.9 Å². The number of furan rings is 1. The molecule has 4 nitrogen and oxygen atoms in total. The van der Waals surface area contributed by atoms with E-state index in [2.05, 4.69) is 111 Å². The van der Waals surface area contributed by atoms with Gasteiger partial charge in [-0.05, 0) is 61.0 Å². The fourth-order valence-electron chi connectivity index (χ4n) is 6.38. The summed E-state index contributed by atoms with van der Waals surface area (Å²) in [6, 6.07) is 40.4. The summed E-state index contributed by atoms with van der Waals surface area (Å²) < 4.78 is 30.6. The van der Waals surface area contributed by atoms with Gasteiger partial charge in [0.1, 0.15) is 5.58 Å². The average molecular weight is 837 g/mol. The Morgan fingerprint density at radius 3 is 2.24 bits per heavy atom. The maximum Gasteiger partial charge on any atom is 0.120 e. The minimum Gasteiger partial charge on any atom is -0.501 e. The molecule has 0 aliphatic rings. The SMILES string of the molecule is Cc1cc(C)c(-n2c(-c3[c-]ccc4c3oc3ccccc34)nc3ccccc32)c(C)c1.[2H]C([2H])([2H])c1c[c-]c(-c2ccc([Si](C)(C)C)cn2)cc1.[Ir]. The molecule has 0 atom stereocenters. The van der Waals surface area contributed by atoms with E-state index >= 15 is 0 Å². The van der Waals surface area contributed by atoms with Gasteiger partial charge in [0.05, 0.1) is 30.5 Å². The number of fused-ring (bicyclic) bond motifs is 4. The van der Waals surface area contributed by atoms with Crippen LogP contribution in [0.25, 0.3) is 61.3 Å². The van der Waals surface area contributed by atoms with Crippen molar-refractivity contribution in [3.63, 3.8) is 0 Å². The van der Waals surface area contributed by atoms with E-state index in [0.717, 1.165) is 61.3 Å². The van der Waals surface area contributed by atoms with Gasteiger partial charge in [0.2, 0.25) is 0 Å². The second-order valence-corrected chi connectivity index (χ2v) is 18.5. The quantitative estimate of drug-likeness (QED) is 0.131. The summed E-state index contributed by atoms with van der Waals surface area (Å²) in [5, 5.41) is 3.50. The molecule has 0 unspecified atom stereocenters. The van der Waals surface area contributed by atoms with Gasteiger partial charge in [-0.2, -0.15) is 0 Å². The number of hydrogen-bond donors (Lipinski definition) is 0. The summed E-state index contributed by atoms with van der Waals surface area (Å²) in [4.78, 5) is 9.53. The van der Waals surface area contributed by atoms with Gasteiger partial charge >= 0.3 is 0 Å². The third kappa shape index (κ3) is 6.69. The Bertz CT molecular complexity index is 2450. The van der Waals surface area contributed by atoms with Crippen molar-refractivity contribution < 1.29 is 28.6 Å². The zero-order valence-corrected chi connectivity index (χ0v) is 31.9. The van der Waals surface area contributed by atoms with Crippen LogP contribution < -0.4 is 5.19 Å². The number of para-hydroxylation sites is 3. The first kappa shape index (κ1) is 30.4. The molecule has 6 heteroatoms. The fourth-order valence-corrected chi connectivity index (χ4v) is 7.42. The van der Waals surface area contributed by atoms with E-state index in [-0.39, 0.29) is 20.1 Å². The first-order chi connectivity index (χ1) is 24.3. The summed E-state index contributed by atoms with van der Waals surface area (Å²) in [7, 11) is -1.34. The van der Waals surface area contributed by atoms with Crippen molar-refractivity contribution in [1.82, 2.24) is 14.5 Å². The first-order valence-electron chi connectivity index (χ1n) is 17.7. The van der Waals surface area contributed by atoms with E-state index in [1.54, 1.807) is 12.1 Å². The van der Waals surface area contributed by atoms with E-state index in [1.807, 2.05) is 42.6 Å². The number of aryl methyl sites for hydroxylation is 4. The van der Waals surface area contributed by atoms with E-state index in [4.69, 9.17) is 13.5 Å². The zero-order valence-electron chi connectivity index (χ0n) is 31.5. The van der Waals surface area contributed by atoms with Crippen molar-refractivity contribution >= 4 is 46.2 Å². The molecule has 0 aliphatic heterocycles. The Morgan fingerprint density at radius 2 is 1.55 bits per heavy atom. The summed E-state index contributed by atoms with van der Waals surface area (Å²) in [6.07, 6.45) is 1.92. The molecule has 247 valence electrons. The van der Waals surface area contributed by atoms with Crippen molar-refractivity contribution in [2.45, 2.75) is 47.3 Å². The summed E-state index contributed by atoms with van der Waals surface area (Å²) in [6.45, 7) is 11.2. The molecule has 8 rings (SSSR count). The van der Waals surface area contributed by atoms with Gasteiger partial charge in [0, 0.05) is 41.5 Å². The van der Waals surface area contributed by atoms with Crippen LogP contribution in [-0.2, 0) is 20.1 Å². The Morgan fingerprint density at radius 1 is 0.796 bits per heavy atom. The predicted octanol–water partition coefficient (Wildman–Crippen LogP) is 10.7. The minimum atomic E-state index is -2.08. The molecule has 0 fully saturated rings. The van der Waals surface area contributed by atoms with Crippen LogP contribution in [0.1, 0.15) is 26.4 Å². The fraction of sp³-hybridized carbons (Fsp3) is 0.163. The monoisotopic (exact) mass is 837 g/mol. The molecule has 0 spiro atoms. The number of imidazole rings is 1. The largest absolute Gasteiger partial charge is 0.501 e. The van der Waals surface area contributed by atoms with Crippen LogP contribution in [-0.4, -0.2) is 22.6 Å². The van der Waals surface area contributed by atoms with Gasteiger partial charge in [-0.1, -0.05) is 97.6 Å². The summed E-state index contributed by atoms with van der Waals surface area (Å²) in [5.74, 6) is 0.848. The van der Waals surface area contributed by atoms with Gasteiger partial charge in [0.15, 0.2) is 0 Å². The molecule has 49 heavy (non-hydrogen) atoms. The third-order valence-electron chi connectivity index (χ3n) is 8.70. The third-order valence-corrected chi connectivity index (χ3v) is 10.7. The van der Waals surface area contributed by atoms with Crippen LogP contribution in [0.3, 0.4) is 0 Å². The molecular weight excluding hydrogens is 795 g/mol. The van der Waals surface area contributed by atoms with E-state index in [9.17, 15) is 0 Å². The molecular formula is C43H39IrN3OSi-2. The molecule has 0 amide bonds. The van der Waals surface area contributed by atoms with Crippen LogP contribution >= 0.6 is 0 Å². The molecule has 1 radical (unpaired) electrons. The summed E-state index contributed by atoms with van der Waals surface area (Å²) >= 11 is 0. The Labute approximate surface area is 307 Å². The zero-order chi connectivity index (χ0) is 36.1. The molecule has 3 heterocycles. The van der Waals surface area contributed by atoms with Crippen LogP contribution in [0, 0.1) is 39.8 Å². The molecule has 5 aromatic carbocycles. The van der Waals surface area contributed by atoms with Gasteiger partial charge in [-0.15, -0.1) is 53.6 Å². The molecule has 3 aromatic heterocycles. The standard InChI is InChI=1S/C28H21N2O.C15H18NSi.Ir/c1-17-15-18(2)26(19(3)16-17)30-24-13-6-5-12-23(24)29-28(30)22-11-8-10-21-20-9-4-7-14-25(20)31-27(21)22;1-12-5-7-13(8-6-12)15-10-9-14(11-16-15)17(2,3)4;/h4-10,12-16H,1-3H3;5-7,9-11H,1-4H3;/q2*-1;/i;1D3;. The molecule has 0 saturated carbocycles. The van der Waals surface area contributed by atoms with Crippen LogP contribution in [0.15, 0.2) is 114 Å². The number of pyridine rings is 1. The van der Waals surface area contributed by atoms with Crippen molar-refractivity contribution in [2.75, 3.05) is 0 Å². The van der Waals surface area contributed by atoms with Crippen molar-refractivity contribution in [1.29, 1.82) is 0 Å². The Balaban J connectivity index is 0.000000193. The van der Waals surface area contributed by atoms with Gasteiger partial charge < -0.3 is 14.0 Å². The first-order valence-corrected chi connectivity index (χ1v) is 19.7. The van der Waals surface area contributed by atoms with Crippen molar-refractivity contribution in [2.24, 2.45) is 0 Å². The molecule has 0 aliphatic carbocycles. The van der Waals surface area contributed by atoms with Crippen LogP contribution in [0.2, 0.25) is 19.6 Å². The Hall–Kier alpha value is -4.61. The maximum absolute atomic E-state index is 7.35. The van der Waals surface area contributed by atoms with Gasteiger partial charge in [-0.25, -0.2) is 0 Å². The van der Waals surface area contributed by atoms with Gasteiger partial charge in [-0.3, -0.25) is 4.98 Å². The number of nitrogens with zero attached hydrogens (tertiary/aromatic N) is 3. The second kappa shape index (κ2) is 13.7. The number of hydrogen-bond acceptors (Lipinski definition) is 3. The van der Waals surface area contributed by atoms with E-state index in [0.29, 0.717) is 5.56 Å². The maximum atomic E-state index is 7.35. The normalized spacial score (nSPS) is 12.6. The van der Waals surface area contributed by atoms with Crippen molar-refractivity contribution in [3.8, 4) is 28.3 Å². The second-order valence-electron chi connectivity index (χ2n) is 13.4. The number of rotatable bonds is 4. The van der Waals surface area contributed by atoms with E-state index < -0.39 is 14.9 Å². The van der Waals surface area contributed by atoms with Crippen molar-refractivity contribution in [3.05, 3.63) is 144 Å². The van der Waals surface area contributed by atoms with Crippen LogP contribution in [0.4, 0.5) is 0 Å². The molecule has 0 bridgehead atoms. The van der Waals surface area contributed by atoms with Crippen LogP contribution in [0.5, 0.6) is 0 Å². The molecule has 0 saturated heterocycles. The number of aromatic nitrogens is 3. The molecule has 8 aromatic rings. The summed E-state index contributed by atoms with van der Waals surface area (Å²) in [5.41, 5.74) is 11.4. The minimum absolute atomic E-state index is 0. The topological polar surface area (TPSA) is 43.9 Å².